The lowest BCUT2D eigenvalue weighted by molar-refractivity contribution is 0.0579. The lowest BCUT2D eigenvalue weighted by atomic mass is 9.62. The van der Waals surface area contributed by atoms with Crippen molar-refractivity contribution in [3.05, 3.63) is 35.9 Å². The number of aliphatic hydroxyl groups is 1. The Kier molecular flexibility index (Phi) is 4.54. The lowest BCUT2D eigenvalue weighted by Crippen LogP contribution is -2.52. The second-order valence-corrected chi connectivity index (χ2v) is 5.18. The summed E-state index contributed by atoms with van der Waals surface area (Å²) >= 11 is 0. The molecule has 1 fully saturated rings. The van der Waals surface area contributed by atoms with Crippen molar-refractivity contribution in [2.24, 2.45) is 0 Å². The van der Waals surface area contributed by atoms with Crippen molar-refractivity contribution in [1.29, 1.82) is 5.26 Å². The van der Waals surface area contributed by atoms with Gasteiger partial charge in [0.15, 0.2) is 0 Å². The van der Waals surface area contributed by atoms with Gasteiger partial charge in [-0.1, -0.05) is 30.3 Å². The molecule has 2 rings (SSSR count). The molecule has 0 aliphatic heterocycles. The monoisotopic (exact) mass is 260 g/mol. The molecule has 0 amide bonds. The quantitative estimate of drug-likeness (QED) is 0.807. The van der Waals surface area contributed by atoms with Gasteiger partial charge in [0, 0.05) is 19.7 Å². The van der Waals surface area contributed by atoms with Crippen LogP contribution >= 0.6 is 0 Å². The molecule has 0 heterocycles. The summed E-state index contributed by atoms with van der Waals surface area (Å²) in [6, 6.07) is 12.7. The molecule has 1 unspecified atom stereocenters. The van der Waals surface area contributed by atoms with Crippen LogP contribution in [0.2, 0.25) is 0 Å². The Morgan fingerprint density at radius 3 is 2.74 bits per heavy atom. The fraction of sp³-hybridized carbons (Fsp3) is 0.533. The highest BCUT2D eigenvalue weighted by atomic mass is 16.5. The first kappa shape index (κ1) is 14.0. The first-order valence-electron chi connectivity index (χ1n) is 6.57. The smallest absolute Gasteiger partial charge is 0.0897 e. The van der Waals surface area contributed by atoms with Gasteiger partial charge in [-0.25, -0.2) is 0 Å². The van der Waals surface area contributed by atoms with Crippen molar-refractivity contribution >= 4 is 0 Å². The maximum atomic E-state index is 9.57. The van der Waals surface area contributed by atoms with Crippen molar-refractivity contribution in [2.75, 3.05) is 20.3 Å². The molecule has 0 aromatic heterocycles. The Balaban J connectivity index is 1.85. The molecule has 1 atom stereocenters. The van der Waals surface area contributed by atoms with Gasteiger partial charge >= 0.3 is 0 Å². The third-order valence-corrected chi connectivity index (χ3v) is 3.73. The number of methoxy groups -OCH3 is 1. The highest BCUT2D eigenvalue weighted by Gasteiger charge is 2.45. The molecule has 19 heavy (non-hydrogen) atoms. The van der Waals surface area contributed by atoms with Crippen molar-refractivity contribution < 1.29 is 9.84 Å². The summed E-state index contributed by atoms with van der Waals surface area (Å²) in [7, 11) is 1.57. The van der Waals surface area contributed by atoms with Crippen LogP contribution in [0.5, 0.6) is 0 Å². The van der Waals surface area contributed by atoms with E-state index in [1.165, 1.54) is 0 Å². The zero-order valence-corrected chi connectivity index (χ0v) is 11.2. The van der Waals surface area contributed by atoms with Gasteiger partial charge in [0.1, 0.15) is 0 Å². The molecule has 1 aliphatic carbocycles. The Bertz CT molecular complexity index is 435. The lowest BCUT2D eigenvalue weighted by Gasteiger charge is -2.43. The molecule has 0 bridgehead atoms. The normalized spacial score (nSPS) is 27.3. The minimum atomic E-state index is -0.487. The van der Waals surface area contributed by atoms with Crippen molar-refractivity contribution in [3.63, 3.8) is 0 Å². The average Bonchev–Trinajstić information content (AvgIpc) is 2.39. The van der Waals surface area contributed by atoms with Crippen LogP contribution in [0, 0.1) is 11.3 Å². The van der Waals surface area contributed by atoms with Gasteiger partial charge in [-0.3, -0.25) is 0 Å². The number of nitriles is 1. The molecule has 0 saturated heterocycles. The molecule has 4 nitrogen and oxygen atoms in total. The largest absolute Gasteiger partial charge is 0.389 e. The van der Waals surface area contributed by atoms with E-state index in [0.717, 1.165) is 18.4 Å². The van der Waals surface area contributed by atoms with Crippen LogP contribution in [-0.4, -0.2) is 37.5 Å². The minimum absolute atomic E-state index is 0.298. The molecule has 1 aromatic rings. The molecular weight excluding hydrogens is 240 g/mol. The Morgan fingerprint density at radius 1 is 1.47 bits per heavy atom. The average molecular weight is 260 g/mol. The van der Waals surface area contributed by atoms with Crippen molar-refractivity contribution in [1.82, 2.24) is 5.32 Å². The van der Waals surface area contributed by atoms with Crippen LogP contribution < -0.4 is 5.32 Å². The molecule has 1 aliphatic rings. The number of hydrogen-bond donors (Lipinski definition) is 2. The highest BCUT2D eigenvalue weighted by Crippen LogP contribution is 2.43. The van der Waals surface area contributed by atoms with Crippen molar-refractivity contribution in [2.45, 2.75) is 30.4 Å². The first-order chi connectivity index (χ1) is 9.20. The van der Waals surface area contributed by atoms with E-state index in [1.807, 2.05) is 30.3 Å². The van der Waals surface area contributed by atoms with E-state index in [9.17, 15) is 10.4 Å². The zero-order valence-electron chi connectivity index (χ0n) is 11.2. The molecule has 1 aromatic carbocycles. The van der Waals surface area contributed by atoms with Crippen LogP contribution in [0.1, 0.15) is 18.4 Å². The summed E-state index contributed by atoms with van der Waals surface area (Å²) < 4.78 is 4.88. The summed E-state index contributed by atoms with van der Waals surface area (Å²) in [5.74, 6) is 0. The van der Waals surface area contributed by atoms with Crippen LogP contribution in [0.25, 0.3) is 0 Å². The molecule has 1 saturated carbocycles. The summed E-state index contributed by atoms with van der Waals surface area (Å²) in [6.07, 6.45) is 1.11. The maximum absolute atomic E-state index is 9.57. The topological polar surface area (TPSA) is 65.3 Å². The number of ether oxygens (including phenoxy) is 1. The van der Waals surface area contributed by atoms with E-state index in [2.05, 4.69) is 11.4 Å². The number of hydrogen-bond acceptors (Lipinski definition) is 4. The van der Waals surface area contributed by atoms with Gasteiger partial charge in [0.2, 0.25) is 0 Å². The highest BCUT2D eigenvalue weighted by molar-refractivity contribution is 5.36. The van der Waals surface area contributed by atoms with Gasteiger partial charge in [-0.15, -0.1) is 0 Å². The molecular formula is C15H20N2O2. The summed E-state index contributed by atoms with van der Waals surface area (Å²) in [5, 5.41) is 22.3. The van der Waals surface area contributed by atoms with E-state index >= 15 is 0 Å². The van der Waals surface area contributed by atoms with Crippen LogP contribution in [-0.2, 0) is 10.2 Å². The van der Waals surface area contributed by atoms with Gasteiger partial charge in [0.25, 0.3) is 0 Å². The van der Waals surface area contributed by atoms with Crippen LogP contribution in [0.15, 0.2) is 30.3 Å². The second kappa shape index (κ2) is 6.16. The third kappa shape index (κ3) is 3.13. The number of rotatable bonds is 6. The number of benzene rings is 1. The van der Waals surface area contributed by atoms with E-state index in [1.54, 1.807) is 7.11 Å². The van der Waals surface area contributed by atoms with E-state index in [0.29, 0.717) is 19.2 Å². The number of nitrogens with one attached hydrogen (secondary N) is 1. The number of nitrogens with zero attached hydrogens (tertiary/aromatic N) is 1. The predicted octanol–water partition coefficient (Wildman–Crippen LogP) is 1.21. The maximum Gasteiger partial charge on any atom is 0.0897 e. The standard InChI is InChI=1S/C15H20N2O2/c1-19-10-14(18)9-17-13-7-15(8-13,11-16)12-5-3-2-4-6-12/h2-6,13-14,17-18H,7-10H2,1H3. The minimum Gasteiger partial charge on any atom is -0.389 e. The van der Waals surface area contributed by atoms with E-state index < -0.39 is 6.10 Å². The molecule has 2 N–H and O–H groups in total. The van der Waals surface area contributed by atoms with Gasteiger partial charge < -0.3 is 15.2 Å². The second-order valence-electron chi connectivity index (χ2n) is 5.18. The zero-order chi connectivity index (χ0) is 13.7. The molecule has 0 radical (unpaired) electrons. The Labute approximate surface area is 114 Å². The van der Waals surface area contributed by atoms with Crippen molar-refractivity contribution in [3.8, 4) is 6.07 Å². The van der Waals surface area contributed by atoms with Gasteiger partial charge in [-0.2, -0.15) is 5.26 Å². The fourth-order valence-corrected chi connectivity index (χ4v) is 2.63. The number of aliphatic hydroxyl groups excluding tert-OH is 1. The van der Waals surface area contributed by atoms with E-state index in [4.69, 9.17) is 4.74 Å². The molecule has 0 spiro atoms. The van der Waals surface area contributed by atoms with Gasteiger partial charge in [0.05, 0.1) is 24.2 Å². The summed E-state index contributed by atoms with van der Waals surface area (Å²) in [6.45, 7) is 0.844. The Morgan fingerprint density at radius 2 is 2.16 bits per heavy atom. The van der Waals surface area contributed by atoms with Gasteiger partial charge in [-0.05, 0) is 18.4 Å². The SMILES string of the molecule is COCC(O)CNC1CC(C#N)(c2ccccc2)C1. The van der Waals surface area contributed by atoms with E-state index in [-0.39, 0.29) is 5.41 Å². The molecule has 4 heteroatoms. The van der Waals surface area contributed by atoms with Crippen LogP contribution in [0.4, 0.5) is 0 Å². The summed E-state index contributed by atoms with van der Waals surface area (Å²) in [5.41, 5.74) is 0.735. The fourth-order valence-electron chi connectivity index (χ4n) is 2.63. The summed E-state index contributed by atoms with van der Waals surface area (Å²) in [4.78, 5) is 0. The Hall–Kier alpha value is -1.41. The molecule has 102 valence electrons. The third-order valence-electron chi connectivity index (χ3n) is 3.73. The predicted molar refractivity (Wildman–Crippen MR) is 72.6 cm³/mol. The first-order valence-corrected chi connectivity index (χ1v) is 6.57. The van der Waals surface area contributed by atoms with Crippen LogP contribution in [0.3, 0.4) is 0 Å².